The second kappa shape index (κ2) is 5.49. The van der Waals surface area contributed by atoms with Gasteiger partial charge < -0.3 is 9.47 Å². The molecule has 1 aliphatic rings. The summed E-state index contributed by atoms with van der Waals surface area (Å²) >= 11 is 0. The van der Waals surface area contributed by atoms with Gasteiger partial charge in [-0.05, 0) is 11.5 Å². The van der Waals surface area contributed by atoms with Crippen LogP contribution in [0.1, 0.15) is 12.5 Å². The smallest absolute Gasteiger partial charge is 0.324 e. The monoisotopic (exact) mass is 274 g/mol. The maximum atomic E-state index is 12.0. The van der Waals surface area contributed by atoms with Crippen molar-refractivity contribution in [3.63, 3.8) is 0 Å². The predicted octanol–water partition coefficient (Wildman–Crippen LogP) is 2.30. The van der Waals surface area contributed by atoms with Gasteiger partial charge in [-0.25, -0.2) is 0 Å². The Labute approximate surface area is 118 Å². The maximum absolute atomic E-state index is 12.0. The van der Waals surface area contributed by atoms with E-state index < -0.39 is 17.4 Å². The molecule has 1 saturated carbocycles. The van der Waals surface area contributed by atoms with Crippen molar-refractivity contribution in [3.8, 4) is 0 Å². The molecule has 0 aromatic heterocycles. The van der Waals surface area contributed by atoms with Crippen LogP contribution in [0.2, 0.25) is 0 Å². The molecule has 0 aliphatic heterocycles. The van der Waals surface area contributed by atoms with Crippen molar-refractivity contribution in [1.82, 2.24) is 0 Å². The van der Waals surface area contributed by atoms with E-state index in [0.717, 1.165) is 5.56 Å². The summed E-state index contributed by atoms with van der Waals surface area (Å²) in [6.07, 6.45) is 3.79. The summed E-state index contributed by atoms with van der Waals surface area (Å²) in [5.74, 6) is -1.37. The summed E-state index contributed by atoms with van der Waals surface area (Å²) in [7, 11) is 2.58. The highest BCUT2D eigenvalue weighted by Crippen LogP contribution is 2.61. The molecule has 0 radical (unpaired) electrons. The van der Waals surface area contributed by atoms with Crippen molar-refractivity contribution in [2.75, 3.05) is 14.2 Å². The third-order valence-electron chi connectivity index (χ3n) is 4.02. The number of benzene rings is 1. The molecule has 0 unspecified atom stereocenters. The summed E-state index contributed by atoms with van der Waals surface area (Å²) in [5, 5.41) is 0. The van der Waals surface area contributed by atoms with E-state index in [-0.39, 0.29) is 11.8 Å². The lowest BCUT2D eigenvalue weighted by Gasteiger charge is -2.11. The molecule has 1 aromatic carbocycles. The minimum atomic E-state index is -1.19. The predicted molar refractivity (Wildman–Crippen MR) is 74.6 cm³/mol. The standard InChI is InChI=1S/C16H18O4/c1-11-13(10-9-12-7-5-4-6-8-12)16(11,14(17)19-2)15(18)20-3/h4-11,13H,1-3H3/b10-9+/t11-,13+/m1/s1. The number of allylic oxidation sites excluding steroid dienone is 1. The number of ether oxygens (including phenoxy) is 2. The Morgan fingerprint density at radius 1 is 1.10 bits per heavy atom. The van der Waals surface area contributed by atoms with Crippen molar-refractivity contribution >= 4 is 18.0 Å². The van der Waals surface area contributed by atoms with Crippen LogP contribution in [0.4, 0.5) is 0 Å². The Bertz CT molecular complexity index is 517. The third-order valence-corrected chi connectivity index (χ3v) is 4.02. The second-order valence-electron chi connectivity index (χ2n) is 4.94. The summed E-state index contributed by atoms with van der Waals surface area (Å²) in [6.45, 7) is 1.86. The molecule has 20 heavy (non-hydrogen) atoms. The van der Waals surface area contributed by atoms with Crippen LogP contribution in [0.3, 0.4) is 0 Å². The number of esters is 2. The molecule has 1 fully saturated rings. The molecule has 1 aliphatic carbocycles. The summed E-state index contributed by atoms with van der Waals surface area (Å²) < 4.78 is 9.56. The van der Waals surface area contributed by atoms with Gasteiger partial charge in [0.2, 0.25) is 0 Å². The minimum absolute atomic E-state index is 0.123. The fourth-order valence-corrected chi connectivity index (χ4v) is 2.76. The van der Waals surface area contributed by atoms with Crippen LogP contribution >= 0.6 is 0 Å². The van der Waals surface area contributed by atoms with Gasteiger partial charge in [0.1, 0.15) is 0 Å². The Kier molecular flexibility index (Phi) is 3.93. The molecular formula is C16H18O4. The zero-order valence-corrected chi connectivity index (χ0v) is 11.8. The van der Waals surface area contributed by atoms with E-state index in [1.54, 1.807) is 0 Å². The highest BCUT2D eigenvalue weighted by Gasteiger charge is 2.73. The zero-order valence-electron chi connectivity index (χ0n) is 11.8. The van der Waals surface area contributed by atoms with Gasteiger partial charge in [0, 0.05) is 5.92 Å². The fraction of sp³-hybridized carbons (Fsp3) is 0.375. The van der Waals surface area contributed by atoms with Crippen LogP contribution < -0.4 is 0 Å². The Morgan fingerprint density at radius 2 is 1.65 bits per heavy atom. The first kappa shape index (κ1) is 14.3. The van der Waals surface area contributed by atoms with Crippen LogP contribution in [0.15, 0.2) is 36.4 Å². The zero-order chi connectivity index (χ0) is 14.8. The van der Waals surface area contributed by atoms with Gasteiger partial charge in [-0.3, -0.25) is 9.59 Å². The van der Waals surface area contributed by atoms with E-state index >= 15 is 0 Å². The van der Waals surface area contributed by atoms with Gasteiger partial charge in [-0.15, -0.1) is 0 Å². The summed E-state index contributed by atoms with van der Waals surface area (Å²) in [6, 6.07) is 9.72. The SMILES string of the molecule is COC(=O)C1(C(=O)OC)[C@H](C)[C@@H]1/C=C/c1ccccc1. The Hall–Kier alpha value is -2.10. The lowest BCUT2D eigenvalue weighted by molar-refractivity contribution is -0.162. The quantitative estimate of drug-likeness (QED) is 0.624. The molecule has 4 nitrogen and oxygen atoms in total. The molecular weight excluding hydrogens is 256 g/mol. The fourth-order valence-electron chi connectivity index (χ4n) is 2.76. The van der Waals surface area contributed by atoms with E-state index in [4.69, 9.17) is 9.47 Å². The number of carbonyl (C=O) groups excluding carboxylic acids is 2. The first-order valence-corrected chi connectivity index (χ1v) is 6.49. The van der Waals surface area contributed by atoms with Gasteiger partial charge in [0.25, 0.3) is 0 Å². The van der Waals surface area contributed by atoms with E-state index in [2.05, 4.69) is 0 Å². The molecule has 0 heterocycles. The second-order valence-corrected chi connectivity index (χ2v) is 4.94. The average Bonchev–Trinajstić information content (AvgIpc) is 3.10. The molecule has 0 spiro atoms. The highest BCUT2D eigenvalue weighted by atomic mass is 16.5. The van der Waals surface area contributed by atoms with E-state index in [0.29, 0.717) is 0 Å². The Morgan fingerprint density at radius 3 is 2.15 bits per heavy atom. The molecule has 1 aromatic rings. The topological polar surface area (TPSA) is 52.6 Å². The molecule has 0 amide bonds. The van der Waals surface area contributed by atoms with Crippen molar-refractivity contribution in [2.24, 2.45) is 17.3 Å². The Balaban J connectivity index is 2.23. The highest BCUT2D eigenvalue weighted by molar-refractivity contribution is 6.05. The van der Waals surface area contributed by atoms with Gasteiger partial charge in [0.15, 0.2) is 5.41 Å². The van der Waals surface area contributed by atoms with Crippen molar-refractivity contribution in [1.29, 1.82) is 0 Å². The number of methoxy groups -OCH3 is 2. The first-order chi connectivity index (χ1) is 9.58. The normalized spacial score (nSPS) is 23.4. The van der Waals surface area contributed by atoms with Crippen LogP contribution in [0.5, 0.6) is 0 Å². The van der Waals surface area contributed by atoms with Gasteiger partial charge in [-0.2, -0.15) is 0 Å². The molecule has 4 heteroatoms. The molecule has 0 bridgehead atoms. The van der Waals surface area contributed by atoms with E-state index in [9.17, 15) is 9.59 Å². The lowest BCUT2D eigenvalue weighted by atomic mass is 10.0. The number of hydrogen-bond acceptors (Lipinski definition) is 4. The molecule has 2 rings (SSSR count). The van der Waals surface area contributed by atoms with Crippen molar-refractivity contribution < 1.29 is 19.1 Å². The van der Waals surface area contributed by atoms with Crippen LogP contribution in [0, 0.1) is 17.3 Å². The number of carbonyl (C=O) groups is 2. The largest absolute Gasteiger partial charge is 0.468 e. The van der Waals surface area contributed by atoms with Crippen molar-refractivity contribution in [3.05, 3.63) is 42.0 Å². The van der Waals surface area contributed by atoms with E-state index in [1.807, 2.05) is 49.4 Å². The summed E-state index contributed by atoms with van der Waals surface area (Å²) in [5.41, 5.74) is -0.162. The van der Waals surface area contributed by atoms with Gasteiger partial charge in [-0.1, -0.05) is 49.4 Å². The molecule has 0 saturated heterocycles. The van der Waals surface area contributed by atoms with Crippen LogP contribution in [0.25, 0.3) is 6.08 Å². The van der Waals surface area contributed by atoms with Crippen molar-refractivity contribution in [2.45, 2.75) is 6.92 Å². The summed E-state index contributed by atoms with van der Waals surface area (Å²) in [4.78, 5) is 23.9. The lowest BCUT2D eigenvalue weighted by Crippen LogP contribution is -2.31. The minimum Gasteiger partial charge on any atom is -0.468 e. The third kappa shape index (κ3) is 2.11. The van der Waals surface area contributed by atoms with Crippen LogP contribution in [-0.4, -0.2) is 26.2 Å². The molecule has 106 valence electrons. The average molecular weight is 274 g/mol. The maximum Gasteiger partial charge on any atom is 0.324 e. The van der Waals surface area contributed by atoms with E-state index in [1.165, 1.54) is 14.2 Å². The first-order valence-electron chi connectivity index (χ1n) is 6.49. The number of hydrogen-bond donors (Lipinski definition) is 0. The van der Waals surface area contributed by atoms with Crippen LogP contribution in [-0.2, 0) is 19.1 Å². The molecule has 0 N–H and O–H groups in total. The molecule has 2 atom stereocenters. The number of rotatable bonds is 4. The van der Waals surface area contributed by atoms with Gasteiger partial charge >= 0.3 is 11.9 Å². The van der Waals surface area contributed by atoms with Gasteiger partial charge in [0.05, 0.1) is 14.2 Å².